The van der Waals surface area contributed by atoms with Gasteiger partial charge in [0.05, 0.1) is 11.6 Å². The molecule has 0 unspecified atom stereocenters. The van der Waals surface area contributed by atoms with Gasteiger partial charge in [-0.1, -0.05) is 0 Å². The third kappa shape index (κ3) is 1.72. The number of halogens is 2. The molecular weight excluding hydrogens is 255 g/mol. The molecule has 0 spiro atoms. The zero-order valence-electron chi connectivity index (χ0n) is 7.60. The van der Waals surface area contributed by atoms with Gasteiger partial charge in [-0.2, -0.15) is 0 Å². The van der Waals surface area contributed by atoms with Crippen molar-refractivity contribution in [2.75, 3.05) is 7.11 Å². The molecule has 0 atom stereocenters. The quantitative estimate of drug-likeness (QED) is 0.791. The molecule has 1 aromatic carbocycles. The highest BCUT2D eigenvalue weighted by Gasteiger charge is 2.18. The monoisotopic (exact) mass is 262 g/mol. The first-order valence-electron chi connectivity index (χ1n) is 3.75. The molecule has 5 heteroatoms. The van der Waals surface area contributed by atoms with Crippen LogP contribution < -0.4 is 0 Å². The SMILES string of the molecule is COC(=O)c1cc(Br)c(F)c(C)c1O. The number of hydrogen-bond acceptors (Lipinski definition) is 3. The maximum atomic E-state index is 13.2. The zero-order valence-corrected chi connectivity index (χ0v) is 9.18. The largest absolute Gasteiger partial charge is 0.507 e. The van der Waals surface area contributed by atoms with E-state index in [1.807, 2.05) is 0 Å². The Morgan fingerprint density at radius 2 is 2.21 bits per heavy atom. The molecule has 0 aliphatic heterocycles. The fourth-order valence-corrected chi connectivity index (χ4v) is 1.54. The number of ether oxygens (including phenoxy) is 1. The molecule has 0 saturated carbocycles. The second kappa shape index (κ2) is 3.96. The lowest BCUT2D eigenvalue weighted by Crippen LogP contribution is -2.03. The van der Waals surface area contributed by atoms with E-state index in [2.05, 4.69) is 20.7 Å². The average molecular weight is 263 g/mol. The van der Waals surface area contributed by atoms with Crippen molar-refractivity contribution >= 4 is 21.9 Å². The maximum Gasteiger partial charge on any atom is 0.341 e. The van der Waals surface area contributed by atoms with Crippen LogP contribution in [0, 0.1) is 12.7 Å². The minimum absolute atomic E-state index is 0.0137. The van der Waals surface area contributed by atoms with Gasteiger partial charge in [-0.3, -0.25) is 0 Å². The van der Waals surface area contributed by atoms with Crippen molar-refractivity contribution in [3.05, 3.63) is 27.5 Å². The molecule has 76 valence electrons. The molecule has 1 rings (SSSR count). The molecule has 14 heavy (non-hydrogen) atoms. The Morgan fingerprint density at radius 1 is 1.64 bits per heavy atom. The number of phenols is 1. The van der Waals surface area contributed by atoms with Crippen LogP contribution in [0.25, 0.3) is 0 Å². The Morgan fingerprint density at radius 3 is 2.71 bits per heavy atom. The van der Waals surface area contributed by atoms with Gasteiger partial charge in [-0.15, -0.1) is 0 Å². The molecule has 1 N–H and O–H groups in total. The summed E-state index contributed by atoms with van der Waals surface area (Å²) in [5.41, 5.74) is -0.0435. The van der Waals surface area contributed by atoms with Gasteiger partial charge < -0.3 is 9.84 Å². The van der Waals surface area contributed by atoms with Crippen LogP contribution >= 0.6 is 15.9 Å². The van der Waals surface area contributed by atoms with Crippen molar-refractivity contribution in [3.8, 4) is 5.75 Å². The lowest BCUT2D eigenvalue weighted by Gasteiger charge is -2.07. The number of esters is 1. The van der Waals surface area contributed by atoms with Gasteiger partial charge in [-0.25, -0.2) is 9.18 Å². The molecule has 0 amide bonds. The summed E-state index contributed by atoms with van der Waals surface area (Å²) in [6, 6.07) is 1.18. The highest BCUT2D eigenvalue weighted by atomic mass is 79.9. The van der Waals surface area contributed by atoms with E-state index in [1.54, 1.807) is 0 Å². The summed E-state index contributed by atoms with van der Waals surface area (Å²) in [4.78, 5) is 11.1. The van der Waals surface area contributed by atoms with Gasteiger partial charge >= 0.3 is 5.97 Å². The molecule has 0 saturated heterocycles. The van der Waals surface area contributed by atoms with E-state index in [-0.39, 0.29) is 15.6 Å². The minimum atomic E-state index is -0.702. The first-order valence-corrected chi connectivity index (χ1v) is 4.54. The number of rotatable bonds is 1. The number of aromatic hydroxyl groups is 1. The summed E-state index contributed by atoms with van der Waals surface area (Å²) in [5, 5.41) is 9.44. The number of carbonyl (C=O) groups excluding carboxylic acids is 1. The van der Waals surface area contributed by atoms with Crippen LogP contribution in [0.4, 0.5) is 4.39 Å². The van der Waals surface area contributed by atoms with Crippen molar-refractivity contribution in [2.24, 2.45) is 0 Å². The summed E-state index contributed by atoms with van der Waals surface area (Å²) in [5.74, 6) is -1.68. The van der Waals surface area contributed by atoms with Crippen LogP contribution in [0.1, 0.15) is 15.9 Å². The molecular formula is C9H8BrFO3. The Hall–Kier alpha value is -1.10. The van der Waals surface area contributed by atoms with Crippen LogP contribution in [-0.2, 0) is 4.74 Å². The fraction of sp³-hybridized carbons (Fsp3) is 0.222. The smallest absolute Gasteiger partial charge is 0.341 e. The first kappa shape index (κ1) is 11.0. The Bertz CT molecular complexity index is 390. The molecule has 0 aliphatic carbocycles. The van der Waals surface area contributed by atoms with Crippen molar-refractivity contribution in [3.63, 3.8) is 0 Å². The lowest BCUT2D eigenvalue weighted by molar-refractivity contribution is 0.0597. The highest BCUT2D eigenvalue weighted by Crippen LogP contribution is 2.30. The second-order valence-electron chi connectivity index (χ2n) is 2.69. The summed E-state index contributed by atoms with van der Waals surface area (Å²) in [7, 11) is 1.19. The first-order chi connectivity index (χ1) is 6.49. The lowest BCUT2D eigenvalue weighted by atomic mass is 10.1. The zero-order chi connectivity index (χ0) is 10.9. The van der Waals surface area contributed by atoms with Gasteiger partial charge in [0.15, 0.2) is 0 Å². The summed E-state index contributed by atoms with van der Waals surface area (Å²) >= 11 is 2.93. The molecule has 3 nitrogen and oxygen atoms in total. The maximum absolute atomic E-state index is 13.2. The Labute approximate surface area is 88.6 Å². The summed E-state index contributed by atoms with van der Waals surface area (Å²) in [6.45, 7) is 1.38. The van der Waals surface area contributed by atoms with Crippen molar-refractivity contribution in [1.29, 1.82) is 0 Å². The number of phenolic OH excluding ortho intramolecular Hbond substituents is 1. The van der Waals surface area contributed by atoms with Crippen LogP contribution in [0.2, 0.25) is 0 Å². The fourth-order valence-electron chi connectivity index (χ4n) is 1.01. The Kier molecular flexibility index (Phi) is 3.10. The third-order valence-electron chi connectivity index (χ3n) is 1.83. The van der Waals surface area contributed by atoms with E-state index in [4.69, 9.17) is 0 Å². The van der Waals surface area contributed by atoms with Gasteiger partial charge in [0.25, 0.3) is 0 Å². The van der Waals surface area contributed by atoms with Gasteiger partial charge in [0.1, 0.15) is 17.1 Å². The molecule has 0 fully saturated rings. The van der Waals surface area contributed by atoms with Crippen LogP contribution in [-0.4, -0.2) is 18.2 Å². The molecule has 0 aliphatic rings. The summed E-state index contributed by atoms with van der Waals surface area (Å²) < 4.78 is 17.7. The van der Waals surface area contributed by atoms with Crippen LogP contribution in [0.15, 0.2) is 10.5 Å². The molecule has 0 bridgehead atoms. The third-order valence-corrected chi connectivity index (χ3v) is 2.40. The average Bonchev–Trinajstić information content (AvgIpc) is 2.19. The van der Waals surface area contributed by atoms with Crippen molar-refractivity contribution < 1.29 is 19.0 Å². The van der Waals surface area contributed by atoms with E-state index in [0.29, 0.717) is 0 Å². The minimum Gasteiger partial charge on any atom is -0.507 e. The normalized spacial score (nSPS) is 10.0. The van der Waals surface area contributed by atoms with E-state index < -0.39 is 17.5 Å². The standard InChI is InChI=1S/C9H8BrFO3/c1-4-7(11)6(10)3-5(8(4)12)9(13)14-2/h3,12H,1-2H3. The second-order valence-corrected chi connectivity index (χ2v) is 3.54. The van der Waals surface area contributed by atoms with Crippen molar-refractivity contribution in [1.82, 2.24) is 0 Å². The number of benzene rings is 1. The molecule has 1 aromatic rings. The Balaban J connectivity index is 3.40. The highest BCUT2D eigenvalue weighted by molar-refractivity contribution is 9.10. The van der Waals surface area contributed by atoms with E-state index in [0.717, 1.165) is 0 Å². The number of methoxy groups -OCH3 is 1. The molecule has 0 aromatic heterocycles. The van der Waals surface area contributed by atoms with Gasteiger partial charge in [0.2, 0.25) is 0 Å². The number of hydrogen-bond donors (Lipinski definition) is 1. The van der Waals surface area contributed by atoms with Gasteiger partial charge in [0, 0.05) is 5.56 Å². The summed E-state index contributed by atoms with van der Waals surface area (Å²) in [6.07, 6.45) is 0. The van der Waals surface area contributed by atoms with Crippen LogP contribution in [0.3, 0.4) is 0 Å². The topological polar surface area (TPSA) is 46.5 Å². The van der Waals surface area contributed by atoms with E-state index in [9.17, 15) is 14.3 Å². The predicted octanol–water partition coefficient (Wildman–Crippen LogP) is 2.39. The van der Waals surface area contributed by atoms with Crippen molar-refractivity contribution in [2.45, 2.75) is 6.92 Å². The predicted molar refractivity (Wildman–Crippen MR) is 51.8 cm³/mol. The van der Waals surface area contributed by atoms with E-state index >= 15 is 0 Å². The molecule has 0 heterocycles. The van der Waals surface area contributed by atoms with E-state index in [1.165, 1.54) is 20.1 Å². The van der Waals surface area contributed by atoms with Gasteiger partial charge in [-0.05, 0) is 28.9 Å². The number of carbonyl (C=O) groups is 1. The van der Waals surface area contributed by atoms with Crippen LogP contribution in [0.5, 0.6) is 5.75 Å². The molecule has 0 radical (unpaired) electrons.